The number of amides is 1. The minimum Gasteiger partial charge on any atom is -0.456 e. The molecule has 1 aromatic heterocycles. The predicted molar refractivity (Wildman–Crippen MR) is 104 cm³/mol. The van der Waals surface area contributed by atoms with Gasteiger partial charge < -0.3 is 14.5 Å². The second-order valence-corrected chi connectivity index (χ2v) is 6.68. The Morgan fingerprint density at radius 1 is 1.18 bits per heavy atom. The van der Waals surface area contributed by atoms with Crippen LogP contribution in [0.25, 0.3) is 11.1 Å². The summed E-state index contributed by atoms with van der Waals surface area (Å²) in [4.78, 5) is 35.8. The highest BCUT2D eigenvalue weighted by Gasteiger charge is 2.14. The average molecular weight is 403 g/mol. The molecule has 0 unspecified atom stereocenters. The lowest BCUT2D eigenvalue weighted by Gasteiger charge is -2.14. The molecule has 1 heterocycles. The molecule has 1 N–H and O–H groups in total. The van der Waals surface area contributed by atoms with Gasteiger partial charge in [0.25, 0.3) is 5.91 Å². The molecule has 3 rings (SSSR count). The summed E-state index contributed by atoms with van der Waals surface area (Å²) < 4.78 is 11.5. The summed E-state index contributed by atoms with van der Waals surface area (Å²) in [7, 11) is 0. The van der Waals surface area contributed by atoms with Gasteiger partial charge in [-0.25, -0.2) is 4.79 Å². The summed E-state index contributed by atoms with van der Waals surface area (Å²) in [5.74, 6) is -1.53. The Bertz CT molecular complexity index is 1040. The number of ether oxygens (including phenoxy) is 1. The number of esters is 1. The van der Waals surface area contributed by atoms with E-state index in [1.54, 1.807) is 36.4 Å². The van der Waals surface area contributed by atoms with Crippen molar-refractivity contribution in [1.82, 2.24) is 9.88 Å². The number of fused-ring (bicyclic) bond motifs is 1. The van der Waals surface area contributed by atoms with Gasteiger partial charge in [-0.1, -0.05) is 35.9 Å². The molecule has 1 atom stereocenters. The van der Waals surface area contributed by atoms with Gasteiger partial charge in [-0.05, 0) is 36.8 Å². The Kier molecular flexibility index (Phi) is 6.16. The Labute approximate surface area is 165 Å². The number of hydrogen-bond acceptors (Lipinski definition) is 5. The molecule has 0 aliphatic rings. The van der Waals surface area contributed by atoms with Crippen molar-refractivity contribution in [2.24, 2.45) is 0 Å². The molecular weight excluding hydrogens is 384 g/mol. The molecule has 0 aliphatic heterocycles. The Hall–Kier alpha value is -3.06. The predicted octanol–water partition coefficient (Wildman–Crippen LogP) is 3.06. The first-order valence-electron chi connectivity index (χ1n) is 8.73. The van der Waals surface area contributed by atoms with Crippen molar-refractivity contribution in [2.75, 3.05) is 6.61 Å². The molecule has 0 saturated heterocycles. The third-order valence-corrected chi connectivity index (χ3v) is 4.48. The van der Waals surface area contributed by atoms with Crippen LogP contribution in [-0.2, 0) is 20.9 Å². The molecule has 146 valence electrons. The molecule has 28 heavy (non-hydrogen) atoms. The largest absolute Gasteiger partial charge is 0.456 e. The van der Waals surface area contributed by atoms with E-state index in [0.717, 1.165) is 5.56 Å². The van der Waals surface area contributed by atoms with Gasteiger partial charge in [-0.15, -0.1) is 0 Å². The molecule has 2 aromatic carbocycles. The van der Waals surface area contributed by atoms with Crippen LogP contribution in [0.15, 0.2) is 57.7 Å². The van der Waals surface area contributed by atoms with E-state index in [1.165, 1.54) is 4.57 Å². The molecule has 0 fully saturated rings. The molecular formula is C20H19ClN2O5. The van der Waals surface area contributed by atoms with Crippen molar-refractivity contribution in [3.05, 3.63) is 69.7 Å². The number of halogens is 1. The monoisotopic (exact) mass is 402 g/mol. The van der Waals surface area contributed by atoms with Gasteiger partial charge in [0, 0.05) is 11.6 Å². The Balaban J connectivity index is 1.47. The number of hydrogen-bond donors (Lipinski definition) is 1. The Morgan fingerprint density at radius 3 is 2.64 bits per heavy atom. The van der Waals surface area contributed by atoms with E-state index in [1.807, 2.05) is 19.1 Å². The van der Waals surface area contributed by atoms with Crippen LogP contribution in [0.1, 0.15) is 24.9 Å². The van der Waals surface area contributed by atoms with Gasteiger partial charge in [0.15, 0.2) is 12.2 Å². The maximum atomic E-state index is 12.0. The minimum absolute atomic E-state index is 0.0521. The molecule has 0 radical (unpaired) electrons. The fourth-order valence-corrected chi connectivity index (χ4v) is 2.89. The molecule has 1 amide bonds. The number of nitrogens with one attached hydrogen (secondary N) is 1. The van der Waals surface area contributed by atoms with E-state index in [9.17, 15) is 14.4 Å². The molecule has 0 spiro atoms. The first-order valence-corrected chi connectivity index (χ1v) is 9.10. The van der Waals surface area contributed by atoms with E-state index >= 15 is 0 Å². The first kappa shape index (κ1) is 19.7. The zero-order chi connectivity index (χ0) is 20.1. The van der Waals surface area contributed by atoms with Crippen LogP contribution < -0.4 is 11.1 Å². The maximum absolute atomic E-state index is 12.0. The van der Waals surface area contributed by atoms with Crippen LogP contribution in [-0.4, -0.2) is 23.1 Å². The molecule has 0 bridgehead atoms. The fourth-order valence-electron chi connectivity index (χ4n) is 2.76. The zero-order valence-electron chi connectivity index (χ0n) is 15.2. The van der Waals surface area contributed by atoms with Crippen LogP contribution in [0.3, 0.4) is 0 Å². The van der Waals surface area contributed by atoms with Gasteiger partial charge in [-0.2, -0.15) is 0 Å². The van der Waals surface area contributed by atoms with Gasteiger partial charge in [-0.3, -0.25) is 14.2 Å². The zero-order valence-corrected chi connectivity index (χ0v) is 15.9. The molecule has 3 aromatic rings. The van der Waals surface area contributed by atoms with E-state index in [2.05, 4.69) is 5.32 Å². The van der Waals surface area contributed by atoms with E-state index in [-0.39, 0.29) is 19.0 Å². The van der Waals surface area contributed by atoms with Gasteiger partial charge >= 0.3 is 11.7 Å². The van der Waals surface area contributed by atoms with Gasteiger partial charge in [0.05, 0.1) is 18.0 Å². The second kappa shape index (κ2) is 8.75. The van der Waals surface area contributed by atoms with Gasteiger partial charge in [0.2, 0.25) is 0 Å². The third kappa shape index (κ3) is 4.80. The summed E-state index contributed by atoms with van der Waals surface area (Å²) in [6.45, 7) is 1.54. The summed E-state index contributed by atoms with van der Waals surface area (Å²) in [6.07, 6.45) is -0.0521. The van der Waals surface area contributed by atoms with Crippen molar-refractivity contribution in [2.45, 2.75) is 25.9 Å². The second-order valence-electron chi connectivity index (χ2n) is 6.24. The summed E-state index contributed by atoms with van der Waals surface area (Å²) >= 11 is 5.84. The van der Waals surface area contributed by atoms with Crippen LogP contribution in [0, 0.1) is 0 Å². The number of para-hydroxylation sites is 2. The number of oxazole rings is 1. The van der Waals surface area contributed by atoms with Crippen LogP contribution in [0.2, 0.25) is 5.02 Å². The van der Waals surface area contributed by atoms with Crippen molar-refractivity contribution < 1.29 is 18.7 Å². The maximum Gasteiger partial charge on any atom is 0.419 e. The summed E-state index contributed by atoms with van der Waals surface area (Å²) in [5, 5.41) is 3.36. The fraction of sp³-hybridized carbons (Fsp3) is 0.250. The lowest BCUT2D eigenvalue weighted by Crippen LogP contribution is -2.31. The number of nitrogens with zero attached hydrogens (tertiary/aromatic N) is 1. The first-order chi connectivity index (χ1) is 13.4. The number of carbonyl (C=O) groups is 2. The third-order valence-electron chi connectivity index (χ3n) is 4.22. The van der Waals surface area contributed by atoms with Crippen molar-refractivity contribution in [1.29, 1.82) is 0 Å². The number of rotatable bonds is 7. The van der Waals surface area contributed by atoms with E-state index in [4.69, 9.17) is 20.8 Å². The van der Waals surface area contributed by atoms with Crippen LogP contribution in [0.5, 0.6) is 0 Å². The summed E-state index contributed by atoms with van der Waals surface area (Å²) in [6, 6.07) is 13.8. The number of carbonyl (C=O) groups excluding carboxylic acids is 2. The molecule has 0 aliphatic carbocycles. The van der Waals surface area contributed by atoms with Crippen molar-refractivity contribution in [3.8, 4) is 0 Å². The van der Waals surface area contributed by atoms with E-state index in [0.29, 0.717) is 16.1 Å². The smallest absolute Gasteiger partial charge is 0.419 e. The van der Waals surface area contributed by atoms with Gasteiger partial charge in [0.1, 0.15) is 0 Å². The molecule has 0 saturated carbocycles. The van der Waals surface area contributed by atoms with Crippen LogP contribution >= 0.6 is 11.6 Å². The van der Waals surface area contributed by atoms with Crippen molar-refractivity contribution >= 4 is 34.6 Å². The van der Waals surface area contributed by atoms with Crippen molar-refractivity contribution in [3.63, 3.8) is 0 Å². The highest BCUT2D eigenvalue weighted by molar-refractivity contribution is 6.30. The average Bonchev–Trinajstić information content (AvgIpc) is 3.00. The standard InChI is InChI=1S/C20H19ClN2O5/c1-13(14-6-8-15(21)9-7-14)22-18(24)12-27-19(25)10-11-23-16-4-2-3-5-17(16)28-20(23)26/h2-9,13H,10-12H2,1H3,(H,22,24)/t13-/m0/s1. The number of benzene rings is 2. The topological polar surface area (TPSA) is 90.5 Å². The lowest BCUT2D eigenvalue weighted by molar-refractivity contribution is -0.148. The minimum atomic E-state index is -0.577. The summed E-state index contributed by atoms with van der Waals surface area (Å²) in [5.41, 5.74) is 1.95. The Morgan fingerprint density at radius 2 is 1.89 bits per heavy atom. The molecule has 8 heteroatoms. The lowest BCUT2D eigenvalue weighted by atomic mass is 10.1. The molecule has 7 nitrogen and oxygen atoms in total. The highest BCUT2D eigenvalue weighted by atomic mass is 35.5. The van der Waals surface area contributed by atoms with Crippen LogP contribution in [0.4, 0.5) is 0 Å². The number of aryl methyl sites for hydroxylation is 1. The quantitative estimate of drug-likeness (QED) is 0.613. The normalized spacial score (nSPS) is 11.9. The SMILES string of the molecule is C[C@H](NC(=O)COC(=O)CCn1c(=O)oc2ccccc21)c1ccc(Cl)cc1. The number of aromatic nitrogens is 1. The highest BCUT2D eigenvalue weighted by Crippen LogP contribution is 2.16. The van der Waals surface area contributed by atoms with E-state index < -0.39 is 24.2 Å².